The fraction of sp³-hybridized carbons (Fsp3) is 0.400. The number of rotatable bonds is 3. The van der Waals surface area contributed by atoms with Crippen molar-refractivity contribution in [2.24, 2.45) is 0 Å². The lowest BCUT2D eigenvalue weighted by Gasteiger charge is -2.16. The molecule has 0 aliphatic carbocycles. The second-order valence-corrected chi connectivity index (χ2v) is 4.35. The second kappa shape index (κ2) is 5.01. The van der Waals surface area contributed by atoms with Gasteiger partial charge >= 0.3 is 0 Å². The van der Waals surface area contributed by atoms with Crippen molar-refractivity contribution >= 4 is 27.5 Å². The molecular weight excluding hydrogens is 265 g/mol. The van der Waals surface area contributed by atoms with E-state index < -0.39 is 0 Å². The number of aryl methyl sites for hydroxylation is 1. The SMILES string of the molecule is CNC(Br)c1cc(Cl)cc(C)c1OC. The monoisotopic (exact) mass is 277 g/mol. The summed E-state index contributed by atoms with van der Waals surface area (Å²) in [6.45, 7) is 1.98. The molecule has 1 aromatic rings. The molecule has 1 atom stereocenters. The van der Waals surface area contributed by atoms with Crippen LogP contribution in [0.2, 0.25) is 5.02 Å². The van der Waals surface area contributed by atoms with Crippen molar-refractivity contribution in [3.05, 3.63) is 28.3 Å². The summed E-state index contributed by atoms with van der Waals surface area (Å²) in [5.74, 6) is 0.866. The molecule has 0 fully saturated rings. The minimum absolute atomic E-state index is 0.0508. The van der Waals surface area contributed by atoms with Crippen LogP contribution in [0.25, 0.3) is 0 Å². The van der Waals surface area contributed by atoms with Gasteiger partial charge in [-0.1, -0.05) is 27.5 Å². The predicted molar refractivity (Wildman–Crippen MR) is 63.5 cm³/mol. The van der Waals surface area contributed by atoms with Crippen molar-refractivity contribution in [1.82, 2.24) is 5.32 Å². The Bertz CT molecular complexity index is 330. The van der Waals surface area contributed by atoms with Crippen LogP contribution in [0.3, 0.4) is 0 Å². The molecule has 0 amide bonds. The molecule has 0 aliphatic heterocycles. The quantitative estimate of drug-likeness (QED) is 0.677. The molecule has 14 heavy (non-hydrogen) atoms. The molecule has 4 heteroatoms. The molecule has 0 spiro atoms. The maximum absolute atomic E-state index is 5.98. The number of hydrogen-bond acceptors (Lipinski definition) is 2. The zero-order valence-corrected chi connectivity index (χ0v) is 10.7. The highest BCUT2D eigenvalue weighted by Gasteiger charge is 2.14. The number of halogens is 2. The molecule has 1 aromatic carbocycles. The molecule has 1 N–H and O–H groups in total. The van der Waals surface area contributed by atoms with Crippen LogP contribution in [0.4, 0.5) is 0 Å². The maximum atomic E-state index is 5.98. The number of ether oxygens (including phenoxy) is 1. The Morgan fingerprint density at radius 2 is 2.14 bits per heavy atom. The van der Waals surface area contributed by atoms with Crippen LogP contribution < -0.4 is 10.1 Å². The van der Waals surface area contributed by atoms with Gasteiger partial charge in [0.05, 0.1) is 12.1 Å². The van der Waals surface area contributed by atoms with E-state index in [0.717, 1.165) is 21.9 Å². The van der Waals surface area contributed by atoms with Gasteiger partial charge in [-0.25, -0.2) is 0 Å². The molecule has 0 aliphatic rings. The second-order valence-electron chi connectivity index (χ2n) is 3.00. The lowest BCUT2D eigenvalue weighted by Crippen LogP contribution is -2.11. The molecule has 2 nitrogen and oxygen atoms in total. The summed E-state index contributed by atoms with van der Waals surface area (Å²) in [5.41, 5.74) is 2.05. The summed E-state index contributed by atoms with van der Waals surface area (Å²) in [6, 6.07) is 3.78. The lowest BCUT2D eigenvalue weighted by atomic mass is 10.1. The number of methoxy groups -OCH3 is 1. The first-order valence-electron chi connectivity index (χ1n) is 4.25. The standard InChI is InChI=1S/C10H13BrClNO/c1-6-4-7(12)5-8(9(6)14-3)10(11)13-2/h4-5,10,13H,1-3H3. The van der Waals surface area contributed by atoms with E-state index in [-0.39, 0.29) is 4.95 Å². The minimum Gasteiger partial charge on any atom is -0.496 e. The molecule has 78 valence electrons. The van der Waals surface area contributed by atoms with E-state index in [1.54, 1.807) is 7.11 Å². The van der Waals surface area contributed by atoms with E-state index in [9.17, 15) is 0 Å². The van der Waals surface area contributed by atoms with Gasteiger partial charge in [-0.15, -0.1) is 0 Å². The van der Waals surface area contributed by atoms with Crippen molar-refractivity contribution in [1.29, 1.82) is 0 Å². The summed E-state index contributed by atoms with van der Waals surface area (Å²) in [6.07, 6.45) is 0. The Labute approximate surface area is 97.7 Å². The number of benzene rings is 1. The fourth-order valence-electron chi connectivity index (χ4n) is 1.38. The van der Waals surface area contributed by atoms with Gasteiger partial charge in [-0.3, -0.25) is 0 Å². The summed E-state index contributed by atoms with van der Waals surface area (Å²) >= 11 is 9.47. The Hall–Kier alpha value is -0.250. The van der Waals surface area contributed by atoms with Gasteiger partial charge < -0.3 is 10.1 Å². The Balaban J connectivity index is 3.24. The molecule has 0 heterocycles. The number of hydrogen-bond donors (Lipinski definition) is 1. The van der Waals surface area contributed by atoms with E-state index in [4.69, 9.17) is 16.3 Å². The normalized spacial score (nSPS) is 12.6. The third-order valence-electron chi connectivity index (χ3n) is 2.00. The third kappa shape index (κ3) is 2.41. The molecule has 0 radical (unpaired) electrons. The average molecular weight is 279 g/mol. The molecule has 1 rings (SSSR count). The molecular formula is C10H13BrClNO. The van der Waals surface area contributed by atoms with Gasteiger partial charge in [0.15, 0.2) is 0 Å². The first-order chi connectivity index (χ1) is 6.60. The van der Waals surface area contributed by atoms with Gasteiger partial charge in [-0.05, 0) is 31.7 Å². The van der Waals surface area contributed by atoms with Gasteiger partial charge in [0.25, 0.3) is 0 Å². The average Bonchev–Trinajstić information content (AvgIpc) is 2.15. The third-order valence-corrected chi connectivity index (χ3v) is 3.17. The molecule has 0 saturated carbocycles. The Kier molecular flexibility index (Phi) is 4.23. The summed E-state index contributed by atoms with van der Waals surface area (Å²) < 4.78 is 5.33. The van der Waals surface area contributed by atoms with E-state index >= 15 is 0 Å². The van der Waals surface area contributed by atoms with Gasteiger partial charge in [0.1, 0.15) is 5.75 Å². The first-order valence-corrected chi connectivity index (χ1v) is 5.55. The first kappa shape index (κ1) is 11.8. The summed E-state index contributed by atoms with van der Waals surface area (Å²) in [5, 5.41) is 3.81. The topological polar surface area (TPSA) is 21.3 Å². The minimum atomic E-state index is 0.0508. The van der Waals surface area contributed by atoms with E-state index in [1.807, 2.05) is 26.1 Å². The van der Waals surface area contributed by atoms with Crippen molar-refractivity contribution in [2.45, 2.75) is 11.9 Å². The van der Waals surface area contributed by atoms with Crippen molar-refractivity contribution in [2.75, 3.05) is 14.2 Å². The van der Waals surface area contributed by atoms with Crippen LogP contribution in [-0.4, -0.2) is 14.2 Å². The van der Waals surface area contributed by atoms with E-state index in [0.29, 0.717) is 0 Å². The van der Waals surface area contributed by atoms with E-state index in [2.05, 4.69) is 21.2 Å². The van der Waals surface area contributed by atoms with Crippen LogP contribution in [0.15, 0.2) is 12.1 Å². The van der Waals surface area contributed by atoms with Crippen LogP contribution in [-0.2, 0) is 0 Å². The van der Waals surface area contributed by atoms with Crippen LogP contribution in [0.1, 0.15) is 16.1 Å². The van der Waals surface area contributed by atoms with Gasteiger partial charge in [0.2, 0.25) is 0 Å². The molecule has 0 aromatic heterocycles. The van der Waals surface area contributed by atoms with Crippen LogP contribution in [0, 0.1) is 6.92 Å². The Morgan fingerprint density at radius 1 is 1.50 bits per heavy atom. The maximum Gasteiger partial charge on any atom is 0.127 e. The zero-order chi connectivity index (χ0) is 10.7. The summed E-state index contributed by atoms with van der Waals surface area (Å²) in [4.78, 5) is 0.0508. The lowest BCUT2D eigenvalue weighted by molar-refractivity contribution is 0.405. The van der Waals surface area contributed by atoms with Crippen molar-refractivity contribution in [3.63, 3.8) is 0 Å². The van der Waals surface area contributed by atoms with E-state index in [1.165, 1.54) is 0 Å². The smallest absolute Gasteiger partial charge is 0.127 e. The fourth-order valence-corrected chi connectivity index (χ4v) is 2.00. The van der Waals surface area contributed by atoms with Gasteiger partial charge in [0, 0.05) is 10.6 Å². The molecule has 0 bridgehead atoms. The highest BCUT2D eigenvalue weighted by molar-refractivity contribution is 9.09. The van der Waals surface area contributed by atoms with Crippen molar-refractivity contribution < 1.29 is 4.74 Å². The largest absolute Gasteiger partial charge is 0.496 e. The van der Waals surface area contributed by atoms with Crippen LogP contribution >= 0.6 is 27.5 Å². The highest BCUT2D eigenvalue weighted by atomic mass is 79.9. The zero-order valence-electron chi connectivity index (χ0n) is 8.40. The van der Waals surface area contributed by atoms with Crippen LogP contribution in [0.5, 0.6) is 5.75 Å². The molecule has 0 saturated heterocycles. The number of nitrogens with one attached hydrogen (secondary N) is 1. The van der Waals surface area contributed by atoms with Crippen molar-refractivity contribution in [3.8, 4) is 5.75 Å². The van der Waals surface area contributed by atoms with Gasteiger partial charge in [-0.2, -0.15) is 0 Å². The summed E-state index contributed by atoms with van der Waals surface area (Å²) in [7, 11) is 3.53. The Morgan fingerprint density at radius 3 is 2.64 bits per heavy atom. The highest BCUT2D eigenvalue weighted by Crippen LogP contribution is 2.34. The molecule has 1 unspecified atom stereocenters. The predicted octanol–water partition coefficient (Wildman–Crippen LogP) is 3.27. The number of alkyl halides is 1.